The highest BCUT2D eigenvalue weighted by atomic mass is 19.1. The molecule has 0 unspecified atom stereocenters. The van der Waals surface area contributed by atoms with E-state index in [4.69, 9.17) is 0 Å². The van der Waals surface area contributed by atoms with Crippen LogP contribution in [0.15, 0.2) is 23.2 Å². The third-order valence-corrected chi connectivity index (χ3v) is 2.60. The van der Waals surface area contributed by atoms with E-state index in [2.05, 4.69) is 30.3 Å². The standard InChI is InChI=1S/C13H18FN5O/c1-13(2,3)18-6-9-4-5-15-12(11(9)14)16-7-10-17-8-20-19-10/h4-5,8,18H,6-7H2,1-3H3,(H,15,16). The van der Waals surface area contributed by atoms with Crippen molar-refractivity contribution < 1.29 is 8.91 Å². The Bertz CT molecular complexity index is 550. The zero-order valence-electron chi connectivity index (χ0n) is 11.8. The molecule has 2 heterocycles. The first kappa shape index (κ1) is 14.4. The molecule has 0 bridgehead atoms. The number of pyridine rings is 1. The van der Waals surface area contributed by atoms with Crippen LogP contribution in [0.5, 0.6) is 0 Å². The molecule has 7 heteroatoms. The average Bonchev–Trinajstić information content (AvgIpc) is 2.88. The largest absolute Gasteiger partial charge is 0.360 e. The third-order valence-electron chi connectivity index (χ3n) is 2.60. The lowest BCUT2D eigenvalue weighted by atomic mass is 10.1. The molecule has 0 amide bonds. The molecule has 0 atom stereocenters. The zero-order chi connectivity index (χ0) is 14.6. The van der Waals surface area contributed by atoms with E-state index in [1.807, 2.05) is 20.8 Å². The summed E-state index contributed by atoms with van der Waals surface area (Å²) < 4.78 is 18.9. The molecule has 20 heavy (non-hydrogen) atoms. The Morgan fingerprint density at radius 3 is 2.70 bits per heavy atom. The van der Waals surface area contributed by atoms with Gasteiger partial charge in [0, 0.05) is 23.8 Å². The van der Waals surface area contributed by atoms with Crippen molar-refractivity contribution in [2.75, 3.05) is 5.32 Å². The lowest BCUT2D eigenvalue weighted by Gasteiger charge is -2.21. The molecule has 0 spiro atoms. The fourth-order valence-electron chi connectivity index (χ4n) is 1.54. The van der Waals surface area contributed by atoms with Crippen LogP contribution in [0.4, 0.5) is 10.2 Å². The van der Waals surface area contributed by atoms with Gasteiger partial charge in [-0.2, -0.15) is 4.98 Å². The molecular weight excluding hydrogens is 261 g/mol. The van der Waals surface area contributed by atoms with Crippen molar-refractivity contribution >= 4 is 5.82 Å². The summed E-state index contributed by atoms with van der Waals surface area (Å²) in [5.74, 6) is 0.264. The van der Waals surface area contributed by atoms with Crippen LogP contribution < -0.4 is 10.6 Å². The van der Waals surface area contributed by atoms with Gasteiger partial charge in [-0.15, -0.1) is 0 Å². The Hall–Kier alpha value is -2.02. The number of nitrogens with zero attached hydrogens (tertiary/aromatic N) is 3. The Labute approximate surface area is 116 Å². The first-order valence-corrected chi connectivity index (χ1v) is 6.33. The van der Waals surface area contributed by atoms with Gasteiger partial charge in [-0.05, 0) is 26.8 Å². The molecule has 0 radical (unpaired) electrons. The van der Waals surface area contributed by atoms with E-state index in [0.717, 1.165) is 0 Å². The predicted molar refractivity (Wildman–Crippen MR) is 72.4 cm³/mol. The van der Waals surface area contributed by atoms with E-state index in [9.17, 15) is 4.39 Å². The minimum absolute atomic E-state index is 0.0755. The summed E-state index contributed by atoms with van der Waals surface area (Å²) >= 11 is 0. The molecule has 2 rings (SSSR count). The van der Waals surface area contributed by atoms with Crippen LogP contribution in [0.25, 0.3) is 0 Å². The molecule has 0 aliphatic rings. The summed E-state index contributed by atoms with van der Waals surface area (Å²) in [6.07, 6.45) is 2.80. The van der Waals surface area contributed by atoms with Crippen LogP contribution in [0, 0.1) is 5.82 Å². The maximum Gasteiger partial charge on any atom is 0.213 e. The van der Waals surface area contributed by atoms with E-state index in [1.165, 1.54) is 6.39 Å². The monoisotopic (exact) mass is 279 g/mol. The lowest BCUT2D eigenvalue weighted by Crippen LogP contribution is -2.35. The van der Waals surface area contributed by atoms with Crippen LogP contribution >= 0.6 is 0 Å². The van der Waals surface area contributed by atoms with E-state index < -0.39 is 0 Å². The third kappa shape index (κ3) is 3.99. The van der Waals surface area contributed by atoms with Crippen LogP contribution in [0.3, 0.4) is 0 Å². The first-order valence-electron chi connectivity index (χ1n) is 6.33. The molecule has 2 N–H and O–H groups in total. The molecule has 108 valence electrons. The number of nitrogens with one attached hydrogen (secondary N) is 2. The molecule has 0 aliphatic carbocycles. The minimum atomic E-state index is -0.368. The number of rotatable bonds is 5. The van der Waals surface area contributed by atoms with E-state index in [1.54, 1.807) is 12.3 Å². The van der Waals surface area contributed by atoms with Gasteiger partial charge in [-0.1, -0.05) is 5.16 Å². The Balaban J connectivity index is 2.03. The number of halogens is 1. The Kier molecular flexibility index (Phi) is 4.29. The van der Waals surface area contributed by atoms with E-state index in [0.29, 0.717) is 17.9 Å². The van der Waals surface area contributed by atoms with Crippen molar-refractivity contribution in [3.63, 3.8) is 0 Å². The van der Waals surface area contributed by atoms with Gasteiger partial charge in [0.2, 0.25) is 6.39 Å². The maximum atomic E-state index is 14.2. The van der Waals surface area contributed by atoms with Gasteiger partial charge >= 0.3 is 0 Å². The number of aromatic nitrogens is 3. The van der Waals surface area contributed by atoms with Gasteiger partial charge in [0.15, 0.2) is 17.5 Å². The normalized spacial score (nSPS) is 11.6. The number of hydrogen-bond donors (Lipinski definition) is 2. The molecule has 6 nitrogen and oxygen atoms in total. The van der Waals surface area contributed by atoms with Gasteiger partial charge in [0.1, 0.15) is 0 Å². The number of anilines is 1. The second-order valence-electron chi connectivity index (χ2n) is 5.44. The van der Waals surface area contributed by atoms with Crippen molar-refractivity contribution in [1.29, 1.82) is 0 Å². The van der Waals surface area contributed by atoms with Crippen LogP contribution in [-0.4, -0.2) is 20.7 Å². The van der Waals surface area contributed by atoms with Crippen molar-refractivity contribution in [1.82, 2.24) is 20.4 Å². The molecule has 2 aromatic heterocycles. The van der Waals surface area contributed by atoms with E-state index >= 15 is 0 Å². The van der Waals surface area contributed by atoms with Crippen molar-refractivity contribution in [2.45, 2.75) is 39.4 Å². The van der Waals surface area contributed by atoms with Gasteiger partial charge in [-0.25, -0.2) is 9.37 Å². The van der Waals surface area contributed by atoms with Gasteiger partial charge in [-0.3, -0.25) is 0 Å². The first-order chi connectivity index (χ1) is 9.46. The molecule has 0 saturated carbocycles. The maximum absolute atomic E-state index is 14.2. The molecular formula is C13H18FN5O. The summed E-state index contributed by atoms with van der Waals surface area (Å²) in [6, 6.07) is 1.66. The summed E-state index contributed by atoms with van der Waals surface area (Å²) in [5, 5.41) is 9.74. The summed E-state index contributed by atoms with van der Waals surface area (Å²) in [4.78, 5) is 7.83. The highest BCUT2D eigenvalue weighted by Gasteiger charge is 2.13. The van der Waals surface area contributed by atoms with Crippen LogP contribution in [0.1, 0.15) is 32.2 Å². The SMILES string of the molecule is CC(C)(C)NCc1ccnc(NCc2ncon2)c1F. The lowest BCUT2D eigenvalue weighted by molar-refractivity contribution is 0.410. The highest BCUT2D eigenvalue weighted by Crippen LogP contribution is 2.16. The Morgan fingerprint density at radius 2 is 2.05 bits per heavy atom. The summed E-state index contributed by atoms with van der Waals surface area (Å²) in [7, 11) is 0. The fraction of sp³-hybridized carbons (Fsp3) is 0.462. The van der Waals surface area contributed by atoms with Crippen molar-refractivity contribution in [3.8, 4) is 0 Å². The van der Waals surface area contributed by atoms with Crippen molar-refractivity contribution in [2.24, 2.45) is 0 Å². The van der Waals surface area contributed by atoms with Gasteiger partial charge in [0.05, 0.1) is 6.54 Å². The fourth-order valence-corrected chi connectivity index (χ4v) is 1.54. The smallest absolute Gasteiger partial charge is 0.213 e. The van der Waals surface area contributed by atoms with Crippen LogP contribution in [0.2, 0.25) is 0 Å². The highest BCUT2D eigenvalue weighted by molar-refractivity contribution is 5.39. The molecule has 0 saturated heterocycles. The summed E-state index contributed by atoms with van der Waals surface area (Å²) in [5.41, 5.74) is 0.485. The Morgan fingerprint density at radius 1 is 1.25 bits per heavy atom. The second kappa shape index (κ2) is 5.96. The average molecular weight is 279 g/mol. The quantitative estimate of drug-likeness (QED) is 0.873. The molecule has 2 aromatic rings. The summed E-state index contributed by atoms with van der Waals surface area (Å²) in [6.45, 7) is 6.79. The minimum Gasteiger partial charge on any atom is -0.360 e. The number of hydrogen-bond acceptors (Lipinski definition) is 6. The van der Waals surface area contributed by atoms with Crippen molar-refractivity contribution in [3.05, 3.63) is 35.9 Å². The topological polar surface area (TPSA) is 75.9 Å². The predicted octanol–water partition coefficient (Wildman–Crippen LogP) is 2.10. The molecule has 0 fully saturated rings. The molecule has 0 aromatic carbocycles. The zero-order valence-corrected chi connectivity index (χ0v) is 11.8. The second-order valence-corrected chi connectivity index (χ2v) is 5.44. The van der Waals surface area contributed by atoms with Crippen LogP contribution in [-0.2, 0) is 13.1 Å². The van der Waals surface area contributed by atoms with E-state index in [-0.39, 0.29) is 23.7 Å². The van der Waals surface area contributed by atoms with Gasteiger partial charge in [0.25, 0.3) is 0 Å². The molecule has 0 aliphatic heterocycles. The van der Waals surface area contributed by atoms with Gasteiger partial charge < -0.3 is 15.2 Å².